The predicted molar refractivity (Wildman–Crippen MR) is 106 cm³/mol. The van der Waals surface area contributed by atoms with Gasteiger partial charge < -0.3 is 19.5 Å². The third kappa shape index (κ3) is 4.33. The zero-order valence-corrected chi connectivity index (χ0v) is 17.0. The van der Waals surface area contributed by atoms with Crippen LogP contribution < -0.4 is 19.5 Å². The molecule has 4 atom stereocenters. The van der Waals surface area contributed by atoms with Crippen molar-refractivity contribution in [2.75, 3.05) is 19.8 Å². The summed E-state index contributed by atoms with van der Waals surface area (Å²) in [6, 6.07) is 3.71. The van der Waals surface area contributed by atoms with Gasteiger partial charge in [-0.05, 0) is 76.8 Å². The van der Waals surface area contributed by atoms with Crippen LogP contribution in [0.15, 0.2) is 12.1 Å². The Hall–Kier alpha value is -1.91. The molecule has 2 saturated carbocycles. The van der Waals surface area contributed by atoms with Crippen molar-refractivity contribution in [2.45, 2.75) is 59.4 Å². The SMILES string of the molecule is CCOc1cc(C(=O)N[C@H](C)[C@@H]2C[C@@H]3CC[C@@H]2C3)cc(OCC)c1OCC. The minimum atomic E-state index is -0.0739. The minimum Gasteiger partial charge on any atom is -0.490 e. The number of benzene rings is 1. The lowest BCUT2D eigenvalue weighted by Gasteiger charge is -2.28. The number of hydrogen-bond acceptors (Lipinski definition) is 4. The van der Waals surface area contributed by atoms with Crippen LogP contribution in [0.4, 0.5) is 0 Å². The predicted octanol–water partition coefficient (Wildman–Crippen LogP) is 4.44. The van der Waals surface area contributed by atoms with Gasteiger partial charge in [0.2, 0.25) is 5.75 Å². The highest BCUT2D eigenvalue weighted by molar-refractivity contribution is 5.95. The Morgan fingerprint density at radius 2 is 1.67 bits per heavy atom. The molecule has 2 bridgehead atoms. The Bertz CT molecular complexity index is 633. The van der Waals surface area contributed by atoms with Crippen molar-refractivity contribution in [3.05, 3.63) is 17.7 Å². The molecule has 0 aromatic heterocycles. The van der Waals surface area contributed by atoms with E-state index in [4.69, 9.17) is 14.2 Å². The van der Waals surface area contributed by atoms with Crippen LogP contribution in [0.25, 0.3) is 0 Å². The number of fused-ring (bicyclic) bond motifs is 2. The fraction of sp³-hybridized carbons (Fsp3) is 0.682. The fourth-order valence-electron chi connectivity index (χ4n) is 4.82. The Morgan fingerprint density at radius 1 is 1.04 bits per heavy atom. The molecule has 5 heteroatoms. The summed E-state index contributed by atoms with van der Waals surface area (Å²) in [7, 11) is 0. The zero-order valence-electron chi connectivity index (χ0n) is 17.0. The van der Waals surface area contributed by atoms with Gasteiger partial charge in [0.1, 0.15) is 0 Å². The molecular weight excluding hydrogens is 342 g/mol. The molecule has 0 unspecified atom stereocenters. The Labute approximate surface area is 162 Å². The van der Waals surface area contributed by atoms with E-state index in [1.165, 1.54) is 25.7 Å². The summed E-state index contributed by atoms with van der Waals surface area (Å²) in [6.07, 6.45) is 5.29. The van der Waals surface area contributed by atoms with Crippen molar-refractivity contribution >= 4 is 5.91 Å². The average Bonchev–Trinajstić information content (AvgIpc) is 3.28. The maximum absolute atomic E-state index is 12.9. The van der Waals surface area contributed by atoms with Gasteiger partial charge in [-0.1, -0.05) is 6.42 Å². The lowest BCUT2D eigenvalue weighted by molar-refractivity contribution is 0.0914. The highest BCUT2D eigenvalue weighted by Gasteiger charge is 2.42. The van der Waals surface area contributed by atoms with Crippen LogP contribution in [0.3, 0.4) is 0 Å². The smallest absolute Gasteiger partial charge is 0.251 e. The number of hydrogen-bond donors (Lipinski definition) is 1. The molecular formula is C22H33NO4. The van der Waals surface area contributed by atoms with Crippen molar-refractivity contribution in [1.29, 1.82) is 0 Å². The van der Waals surface area contributed by atoms with Crippen LogP contribution in [0.1, 0.15) is 63.7 Å². The molecule has 0 heterocycles. The number of amides is 1. The molecule has 1 aromatic rings. The highest BCUT2D eigenvalue weighted by atomic mass is 16.5. The van der Waals surface area contributed by atoms with Gasteiger partial charge in [0.15, 0.2) is 11.5 Å². The van der Waals surface area contributed by atoms with E-state index in [2.05, 4.69) is 12.2 Å². The number of carbonyl (C=O) groups is 1. The van der Waals surface area contributed by atoms with Crippen LogP contribution in [-0.4, -0.2) is 31.8 Å². The molecule has 0 radical (unpaired) electrons. The van der Waals surface area contributed by atoms with E-state index < -0.39 is 0 Å². The molecule has 150 valence electrons. The highest BCUT2D eigenvalue weighted by Crippen LogP contribution is 2.49. The molecule has 2 aliphatic carbocycles. The van der Waals surface area contributed by atoms with Gasteiger partial charge >= 0.3 is 0 Å². The average molecular weight is 376 g/mol. The molecule has 1 N–H and O–H groups in total. The molecule has 0 spiro atoms. The summed E-state index contributed by atoms with van der Waals surface area (Å²) in [6.45, 7) is 9.40. The molecule has 27 heavy (non-hydrogen) atoms. The second-order valence-corrected chi connectivity index (χ2v) is 7.70. The van der Waals surface area contributed by atoms with Crippen molar-refractivity contribution in [2.24, 2.45) is 17.8 Å². The van der Waals surface area contributed by atoms with Gasteiger partial charge in [-0.3, -0.25) is 4.79 Å². The third-order valence-corrected chi connectivity index (χ3v) is 5.97. The van der Waals surface area contributed by atoms with Crippen molar-refractivity contribution < 1.29 is 19.0 Å². The molecule has 3 rings (SSSR count). The molecule has 1 amide bonds. The largest absolute Gasteiger partial charge is 0.490 e. The molecule has 2 fully saturated rings. The lowest BCUT2D eigenvalue weighted by atomic mass is 9.84. The van der Waals surface area contributed by atoms with E-state index in [1.807, 2.05) is 20.8 Å². The van der Waals surface area contributed by atoms with Crippen LogP contribution in [0, 0.1) is 17.8 Å². The Morgan fingerprint density at radius 3 is 2.15 bits per heavy atom. The Kier molecular flexibility index (Phi) is 6.51. The molecule has 0 saturated heterocycles. The first-order valence-electron chi connectivity index (χ1n) is 10.4. The topological polar surface area (TPSA) is 56.8 Å². The quantitative estimate of drug-likeness (QED) is 0.693. The summed E-state index contributed by atoms with van der Waals surface area (Å²) in [5.74, 6) is 3.87. The van der Waals surface area contributed by atoms with E-state index in [1.54, 1.807) is 12.1 Å². The van der Waals surface area contributed by atoms with E-state index >= 15 is 0 Å². The summed E-state index contributed by atoms with van der Waals surface area (Å²) < 4.78 is 17.2. The van der Waals surface area contributed by atoms with Crippen LogP contribution in [0.2, 0.25) is 0 Å². The van der Waals surface area contributed by atoms with Gasteiger partial charge in [0.05, 0.1) is 19.8 Å². The van der Waals surface area contributed by atoms with Crippen molar-refractivity contribution in [3.8, 4) is 17.2 Å². The first-order valence-corrected chi connectivity index (χ1v) is 10.4. The van der Waals surface area contributed by atoms with Crippen LogP contribution in [-0.2, 0) is 0 Å². The summed E-state index contributed by atoms with van der Waals surface area (Å²) in [5.41, 5.74) is 0.556. The second kappa shape index (κ2) is 8.85. The maximum atomic E-state index is 12.9. The second-order valence-electron chi connectivity index (χ2n) is 7.70. The molecule has 5 nitrogen and oxygen atoms in total. The van der Waals surface area contributed by atoms with Crippen LogP contribution >= 0.6 is 0 Å². The fourth-order valence-corrected chi connectivity index (χ4v) is 4.82. The maximum Gasteiger partial charge on any atom is 0.251 e. The first-order chi connectivity index (χ1) is 13.1. The molecule has 0 aliphatic heterocycles. The van der Waals surface area contributed by atoms with E-state index in [0.717, 1.165) is 11.8 Å². The Balaban J connectivity index is 1.78. The van der Waals surface area contributed by atoms with E-state index in [9.17, 15) is 4.79 Å². The number of rotatable bonds is 9. The monoisotopic (exact) mass is 375 g/mol. The number of nitrogens with one attached hydrogen (secondary N) is 1. The molecule has 1 aromatic carbocycles. The normalized spacial score (nSPS) is 24.5. The van der Waals surface area contributed by atoms with Gasteiger partial charge in [-0.2, -0.15) is 0 Å². The van der Waals surface area contributed by atoms with Gasteiger partial charge in [-0.15, -0.1) is 0 Å². The zero-order chi connectivity index (χ0) is 19.4. The summed E-state index contributed by atoms with van der Waals surface area (Å²) in [5, 5.41) is 3.22. The van der Waals surface area contributed by atoms with Gasteiger partial charge in [-0.25, -0.2) is 0 Å². The third-order valence-electron chi connectivity index (χ3n) is 5.97. The molecule has 2 aliphatic rings. The summed E-state index contributed by atoms with van der Waals surface area (Å²) in [4.78, 5) is 12.9. The first kappa shape index (κ1) is 19.8. The minimum absolute atomic E-state index is 0.0739. The lowest BCUT2D eigenvalue weighted by Crippen LogP contribution is -2.40. The number of carbonyl (C=O) groups excluding carboxylic acids is 1. The van der Waals surface area contributed by atoms with Crippen molar-refractivity contribution in [3.63, 3.8) is 0 Å². The van der Waals surface area contributed by atoms with Crippen molar-refractivity contribution in [1.82, 2.24) is 5.32 Å². The number of ether oxygens (including phenoxy) is 3. The van der Waals surface area contributed by atoms with Gasteiger partial charge in [0, 0.05) is 11.6 Å². The van der Waals surface area contributed by atoms with Gasteiger partial charge in [0.25, 0.3) is 5.91 Å². The standard InChI is InChI=1S/C22H33NO4/c1-5-25-19-12-17(13-20(26-6-2)21(19)27-7-3)22(24)23-14(4)18-11-15-8-9-16(18)10-15/h12-16,18H,5-11H2,1-4H3,(H,23,24)/t14-,15-,16-,18+/m1/s1. The summed E-state index contributed by atoms with van der Waals surface area (Å²) >= 11 is 0. The van der Waals surface area contributed by atoms with E-state index in [0.29, 0.717) is 48.6 Å². The van der Waals surface area contributed by atoms with Crippen LogP contribution in [0.5, 0.6) is 17.2 Å². The van der Waals surface area contributed by atoms with E-state index in [-0.39, 0.29) is 11.9 Å².